The molecule has 5 heteroatoms. The fraction of sp³-hybridized carbons (Fsp3) is 0.650. The van der Waals surface area contributed by atoms with E-state index in [1.807, 2.05) is 12.1 Å². The lowest BCUT2D eigenvalue weighted by molar-refractivity contribution is -0.132. The van der Waals surface area contributed by atoms with Crippen LogP contribution in [-0.2, 0) is 11.2 Å². The summed E-state index contributed by atoms with van der Waals surface area (Å²) in [7, 11) is 0. The summed E-state index contributed by atoms with van der Waals surface area (Å²) in [5.41, 5.74) is 1.17. The number of hydrogen-bond acceptors (Lipinski definition) is 2. The number of hydrogen-bond donors (Lipinski definition) is 1. The van der Waals surface area contributed by atoms with Crippen molar-refractivity contribution in [3.8, 4) is 0 Å². The Balaban J connectivity index is 0.00000182. The van der Waals surface area contributed by atoms with E-state index < -0.39 is 0 Å². The fourth-order valence-corrected chi connectivity index (χ4v) is 4.88. The van der Waals surface area contributed by atoms with Gasteiger partial charge in [0.25, 0.3) is 0 Å². The van der Waals surface area contributed by atoms with Gasteiger partial charge in [-0.05, 0) is 61.6 Å². The molecule has 0 aromatic heterocycles. The van der Waals surface area contributed by atoms with Gasteiger partial charge < -0.3 is 10.2 Å². The first-order valence-corrected chi connectivity index (χ1v) is 9.48. The minimum absolute atomic E-state index is 0. The van der Waals surface area contributed by atoms with Gasteiger partial charge >= 0.3 is 0 Å². The predicted octanol–water partition coefficient (Wildman–Crippen LogP) is 3.56. The molecular formula is C20H28ClFN2O. The summed E-state index contributed by atoms with van der Waals surface area (Å²) in [6.07, 6.45) is 8.18. The topological polar surface area (TPSA) is 32.3 Å². The highest BCUT2D eigenvalue weighted by atomic mass is 35.5. The predicted molar refractivity (Wildman–Crippen MR) is 99.3 cm³/mol. The molecule has 25 heavy (non-hydrogen) atoms. The number of benzene rings is 1. The van der Waals surface area contributed by atoms with Gasteiger partial charge in [-0.2, -0.15) is 0 Å². The first-order chi connectivity index (χ1) is 11.7. The van der Waals surface area contributed by atoms with Crippen LogP contribution in [0.25, 0.3) is 0 Å². The molecule has 1 aliphatic carbocycles. The molecule has 1 aromatic rings. The highest BCUT2D eigenvalue weighted by molar-refractivity contribution is 5.85. The van der Waals surface area contributed by atoms with Crippen LogP contribution < -0.4 is 5.32 Å². The van der Waals surface area contributed by atoms with Crippen molar-refractivity contribution < 1.29 is 9.18 Å². The zero-order valence-electron chi connectivity index (χ0n) is 14.6. The Morgan fingerprint density at radius 2 is 1.92 bits per heavy atom. The highest BCUT2D eigenvalue weighted by Crippen LogP contribution is 2.34. The van der Waals surface area contributed by atoms with Crippen LogP contribution in [0.3, 0.4) is 0 Å². The second-order valence-electron chi connectivity index (χ2n) is 7.88. The summed E-state index contributed by atoms with van der Waals surface area (Å²) in [5.74, 6) is 1.34. The molecule has 0 radical (unpaired) electrons. The average Bonchev–Trinajstić information content (AvgIpc) is 3.23. The lowest BCUT2D eigenvalue weighted by atomic mass is 9.85. The van der Waals surface area contributed by atoms with Crippen molar-refractivity contribution >= 4 is 18.3 Å². The molecule has 4 unspecified atom stereocenters. The number of nitrogens with zero attached hydrogens (tertiary/aromatic N) is 1. The molecule has 3 nitrogen and oxygen atoms in total. The van der Waals surface area contributed by atoms with Gasteiger partial charge in [0.05, 0.1) is 6.04 Å². The number of carbonyl (C=O) groups excluding carboxylic acids is 1. The van der Waals surface area contributed by atoms with Crippen LogP contribution in [0.1, 0.15) is 44.1 Å². The summed E-state index contributed by atoms with van der Waals surface area (Å²) in [6.45, 7) is 1.72. The number of rotatable bonds is 3. The maximum atomic E-state index is 13.0. The van der Waals surface area contributed by atoms with Crippen molar-refractivity contribution in [1.29, 1.82) is 0 Å². The second kappa shape index (κ2) is 8.05. The molecule has 3 aliphatic rings. The molecule has 2 heterocycles. The first kappa shape index (κ1) is 18.7. The maximum absolute atomic E-state index is 13.0. The van der Waals surface area contributed by atoms with Gasteiger partial charge in [0, 0.05) is 19.1 Å². The highest BCUT2D eigenvalue weighted by Gasteiger charge is 2.40. The Morgan fingerprint density at radius 1 is 1.16 bits per heavy atom. The van der Waals surface area contributed by atoms with E-state index in [0.717, 1.165) is 32.4 Å². The molecule has 1 saturated carbocycles. The maximum Gasteiger partial charge on any atom is 0.239 e. The molecule has 1 amide bonds. The molecule has 4 atom stereocenters. The summed E-state index contributed by atoms with van der Waals surface area (Å²) in [4.78, 5) is 14.9. The van der Waals surface area contributed by atoms with E-state index in [9.17, 15) is 9.18 Å². The minimum atomic E-state index is -0.184. The van der Waals surface area contributed by atoms with Crippen LogP contribution in [-0.4, -0.2) is 36.0 Å². The SMILES string of the molecule is Cl.O=C(C1CC2CCCCC2N1)N1CCC(Cc2ccc(F)cc2)C1. The average molecular weight is 367 g/mol. The summed E-state index contributed by atoms with van der Waals surface area (Å²) >= 11 is 0. The van der Waals surface area contributed by atoms with Gasteiger partial charge in [-0.15, -0.1) is 12.4 Å². The van der Waals surface area contributed by atoms with Gasteiger partial charge in [0.15, 0.2) is 0 Å². The number of amides is 1. The molecule has 0 spiro atoms. The summed E-state index contributed by atoms with van der Waals surface area (Å²) in [5, 5.41) is 3.61. The molecule has 3 fully saturated rings. The van der Waals surface area contributed by atoms with Crippen molar-refractivity contribution in [3.63, 3.8) is 0 Å². The van der Waals surface area contributed by atoms with Crippen LogP contribution in [0.4, 0.5) is 4.39 Å². The summed E-state index contributed by atoms with van der Waals surface area (Å²) < 4.78 is 13.0. The molecule has 2 aliphatic heterocycles. The fourth-order valence-electron chi connectivity index (χ4n) is 4.88. The van der Waals surface area contributed by atoms with Gasteiger partial charge in [0.2, 0.25) is 5.91 Å². The lowest BCUT2D eigenvalue weighted by Gasteiger charge is -2.24. The van der Waals surface area contributed by atoms with Crippen molar-refractivity contribution in [3.05, 3.63) is 35.6 Å². The Bertz CT molecular complexity index is 580. The van der Waals surface area contributed by atoms with Crippen LogP contribution in [0, 0.1) is 17.7 Å². The Labute approximate surface area is 155 Å². The molecule has 2 saturated heterocycles. The second-order valence-corrected chi connectivity index (χ2v) is 7.88. The van der Waals surface area contributed by atoms with Gasteiger partial charge in [-0.25, -0.2) is 4.39 Å². The van der Waals surface area contributed by atoms with Gasteiger partial charge in [-0.3, -0.25) is 4.79 Å². The number of carbonyl (C=O) groups is 1. The van der Waals surface area contributed by atoms with Crippen LogP contribution >= 0.6 is 12.4 Å². The number of likely N-dealkylation sites (tertiary alicyclic amines) is 1. The molecular weight excluding hydrogens is 339 g/mol. The third kappa shape index (κ3) is 4.17. The van der Waals surface area contributed by atoms with E-state index in [1.54, 1.807) is 0 Å². The van der Waals surface area contributed by atoms with Crippen molar-refractivity contribution in [1.82, 2.24) is 10.2 Å². The first-order valence-electron chi connectivity index (χ1n) is 9.48. The quantitative estimate of drug-likeness (QED) is 0.887. The molecule has 0 bridgehead atoms. The van der Waals surface area contributed by atoms with E-state index in [-0.39, 0.29) is 24.3 Å². The zero-order chi connectivity index (χ0) is 16.5. The standard InChI is InChI=1S/C20H27FN2O.ClH/c21-17-7-5-14(6-8-17)11-15-9-10-23(13-15)20(24)19-12-16-3-1-2-4-18(16)22-19;/h5-8,15-16,18-19,22H,1-4,9-13H2;1H. The normalized spacial score (nSPS) is 31.5. The van der Waals surface area contributed by atoms with E-state index in [1.165, 1.54) is 43.4 Å². The summed E-state index contributed by atoms with van der Waals surface area (Å²) in [6, 6.07) is 7.40. The third-order valence-corrected chi connectivity index (χ3v) is 6.20. The van der Waals surface area contributed by atoms with Crippen molar-refractivity contribution in [2.45, 2.75) is 57.0 Å². The van der Waals surface area contributed by atoms with E-state index in [2.05, 4.69) is 10.2 Å². The number of nitrogens with one attached hydrogen (secondary N) is 1. The zero-order valence-corrected chi connectivity index (χ0v) is 15.4. The Morgan fingerprint density at radius 3 is 2.68 bits per heavy atom. The van der Waals surface area contributed by atoms with E-state index >= 15 is 0 Å². The molecule has 4 rings (SSSR count). The van der Waals surface area contributed by atoms with Crippen LogP contribution in [0.5, 0.6) is 0 Å². The lowest BCUT2D eigenvalue weighted by Crippen LogP contribution is -2.44. The Kier molecular flexibility index (Phi) is 6.00. The molecule has 1 aromatic carbocycles. The molecule has 1 N–H and O–H groups in total. The van der Waals surface area contributed by atoms with Crippen molar-refractivity contribution in [2.75, 3.05) is 13.1 Å². The van der Waals surface area contributed by atoms with Gasteiger partial charge in [0.1, 0.15) is 5.82 Å². The van der Waals surface area contributed by atoms with Gasteiger partial charge in [-0.1, -0.05) is 25.0 Å². The van der Waals surface area contributed by atoms with Crippen LogP contribution in [0.2, 0.25) is 0 Å². The largest absolute Gasteiger partial charge is 0.341 e. The minimum Gasteiger partial charge on any atom is -0.341 e. The Hall–Kier alpha value is -1.13. The number of fused-ring (bicyclic) bond motifs is 1. The van der Waals surface area contributed by atoms with Crippen LogP contribution in [0.15, 0.2) is 24.3 Å². The smallest absolute Gasteiger partial charge is 0.239 e. The number of halogens is 2. The monoisotopic (exact) mass is 366 g/mol. The van der Waals surface area contributed by atoms with E-state index in [0.29, 0.717) is 23.8 Å². The van der Waals surface area contributed by atoms with E-state index in [4.69, 9.17) is 0 Å². The molecule has 138 valence electrons. The third-order valence-electron chi connectivity index (χ3n) is 6.20. The van der Waals surface area contributed by atoms with Crippen molar-refractivity contribution in [2.24, 2.45) is 11.8 Å².